The highest BCUT2D eigenvalue weighted by molar-refractivity contribution is 6.38. The monoisotopic (exact) mass is 455 g/mol. The molecule has 0 spiro atoms. The van der Waals surface area contributed by atoms with Gasteiger partial charge in [-0.25, -0.2) is 4.99 Å². The lowest BCUT2D eigenvalue weighted by Gasteiger charge is -2.18. The zero-order chi connectivity index (χ0) is 22.1. The Balaban J connectivity index is 1.84. The van der Waals surface area contributed by atoms with Crippen molar-refractivity contribution in [3.05, 3.63) is 58.2 Å². The van der Waals surface area contributed by atoms with E-state index in [1.54, 1.807) is 25.3 Å². The molecule has 30 heavy (non-hydrogen) atoms. The zero-order valence-electron chi connectivity index (χ0n) is 15.4. The van der Waals surface area contributed by atoms with E-state index in [9.17, 15) is 18.4 Å². The Morgan fingerprint density at radius 3 is 2.53 bits per heavy atom. The maximum Gasteiger partial charge on any atom is 0.573 e. The highest BCUT2D eigenvalue weighted by Crippen LogP contribution is 2.28. The molecule has 2 aromatic carbocycles. The van der Waals surface area contributed by atoms with Gasteiger partial charge in [0.2, 0.25) is 0 Å². The van der Waals surface area contributed by atoms with Crippen LogP contribution in [0.1, 0.15) is 12.5 Å². The van der Waals surface area contributed by atoms with E-state index in [1.807, 2.05) is 0 Å². The average molecular weight is 456 g/mol. The predicted octanol–water partition coefficient (Wildman–Crippen LogP) is 4.93. The number of nitrogens with zero attached hydrogens (tertiary/aromatic N) is 4. The lowest BCUT2D eigenvalue weighted by molar-refractivity contribution is -0.274. The number of halogens is 5. The topological polar surface area (TPSA) is 89.2 Å². The number of benzene rings is 2. The molecule has 2 N–H and O–H groups in total. The third-order valence-electron chi connectivity index (χ3n) is 4.05. The van der Waals surface area contributed by atoms with E-state index in [1.165, 1.54) is 16.8 Å². The third kappa shape index (κ3) is 5.14. The van der Waals surface area contributed by atoms with E-state index in [0.717, 1.165) is 12.1 Å². The molecule has 0 bridgehead atoms. The Morgan fingerprint density at radius 1 is 1.27 bits per heavy atom. The number of hydrogen-bond acceptors (Lipinski definition) is 4. The Kier molecular flexibility index (Phi) is 5.83. The van der Waals surface area contributed by atoms with Gasteiger partial charge >= 0.3 is 6.36 Å². The van der Waals surface area contributed by atoms with E-state index >= 15 is 0 Å². The number of nitrogens with two attached hydrogens (primary N) is 1. The fraction of sp³-hybridized carbons (Fsp3) is 0.211. The van der Waals surface area contributed by atoms with Gasteiger partial charge in [-0.15, -0.1) is 13.2 Å². The molecule has 0 saturated carbocycles. The molecular formula is C19H14Cl2F3N5O. The fourth-order valence-electron chi connectivity index (χ4n) is 2.75. The van der Waals surface area contributed by atoms with Crippen LogP contribution in [0.25, 0.3) is 10.9 Å². The van der Waals surface area contributed by atoms with Crippen LogP contribution in [0.3, 0.4) is 0 Å². The Hall–Kier alpha value is -2.96. The van der Waals surface area contributed by atoms with Gasteiger partial charge in [-0.05, 0) is 43.3 Å². The van der Waals surface area contributed by atoms with Crippen LogP contribution in [0, 0.1) is 11.3 Å². The fourth-order valence-corrected chi connectivity index (χ4v) is 3.28. The molecule has 11 heteroatoms. The van der Waals surface area contributed by atoms with Gasteiger partial charge in [-0.2, -0.15) is 10.4 Å². The van der Waals surface area contributed by atoms with Crippen LogP contribution in [0.5, 0.6) is 5.75 Å². The van der Waals surface area contributed by atoms with Crippen molar-refractivity contribution in [2.24, 2.45) is 10.7 Å². The normalized spacial score (nSPS) is 14.4. The summed E-state index contributed by atoms with van der Waals surface area (Å²) in [6.07, 6.45) is -3.13. The van der Waals surface area contributed by atoms with E-state index in [0.29, 0.717) is 26.5 Å². The van der Waals surface area contributed by atoms with Crippen LogP contribution in [-0.4, -0.2) is 27.5 Å². The summed E-state index contributed by atoms with van der Waals surface area (Å²) in [6.45, 7) is 1.62. The smallest absolute Gasteiger partial charge is 0.406 e. The molecule has 6 nitrogen and oxygen atoms in total. The molecule has 0 aliphatic heterocycles. The van der Waals surface area contributed by atoms with Crippen LogP contribution >= 0.6 is 23.2 Å². The van der Waals surface area contributed by atoms with Gasteiger partial charge in [0.25, 0.3) is 0 Å². The highest BCUT2D eigenvalue weighted by atomic mass is 35.5. The number of rotatable bonds is 5. The van der Waals surface area contributed by atoms with Crippen molar-refractivity contribution in [1.29, 1.82) is 5.26 Å². The van der Waals surface area contributed by atoms with E-state index in [-0.39, 0.29) is 18.1 Å². The molecular weight excluding hydrogens is 442 g/mol. The number of alkyl halides is 3. The number of aromatic nitrogens is 2. The summed E-state index contributed by atoms with van der Waals surface area (Å²) in [5, 5.41) is 15.5. The van der Waals surface area contributed by atoms with Crippen molar-refractivity contribution >= 4 is 39.9 Å². The van der Waals surface area contributed by atoms with Crippen LogP contribution in [-0.2, 0) is 6.54 Å². The Morgan fingerprint density at radius 2 is 1.93 bits per heavy atom. The van der Waals surface area contributed by atoms with Gasteiger partial charge in [-0.3, -0.25) is 4.68 Å². The highest BCUT2D eigenvalue weighted by Gasteiger charge is 2.31. The lowest BCUT2D eigenvalue weighted by atomic mass is 10.1. The molecule has 0 aliphatic rings. The summed E-state index contributed by atoms with van der Waals surface area (Å²) in [5.74, 6) is -0.406. The van der Waals surface area contributed by atoms with Crippen LogP contribution in [0.4, 0.5) is 13.2 Å². The number of amidine groups is 1. The molecule has 0 radical (unpaired) electrons. The van der Waals surface area contributed by atoms with Gasteiger partial charge < -0.3 is 10.5 Å². The van der Waals surface area contributed by atoms with Crippen LogP contribution in [0.15, 0.2) is 47.6 Å². The van der Waals surface area contributed by atoms with Crippen LogP contribution < -0.4 is 10.5 Å². The molecule has 0 saturated heterocycles. The summed E-state index contributed by atoms with van der Waals surface area (Å²) in [6, 6.07) is 10.2. The minimum Gasteiger partial charge on any atom is -0.406 e. The van der Waals surface area contributed by atoms with Gasteiger partial charge in [-0.1, -0.05) is 23.2 Å². The SMILES string of the molecule is CC(C#N)(Cn1cc2c(Cl)cc(Cl)cc2n1)N=C(N)c1ccc(OC(F)(F)F)cc1. The zero-order valence-corrected chi connectivity index (χ0v) is 16.9. The minimum atomic E-state index is -4.79. The molecule has 1 aromatic heterocycles. The molecule has 3 rings (SSSR count). The summed E-state index contributed by atoms with van der Waals surface area (Å²) in [7, 11) is 0. The molecule has 0 fully saturated rings. The maximum atomic E-state index is 12.3. The molecule has 0 aliphatic carbocycles. The third-order valence-corrected chi connectivity index (χ3v) is 4.58. The quantitative estimate of drug-likeness (QED) is 0.436. The Labute approximate surface area is 179 Å². The van der Waals surface area contributed by atoms with E-state index in [4.69, 9.17) is 28.9 Å². The average Bonchev–Trinajstić information content (AvgIpc) is 3.03. The first kappa shape index (κ1) is 21.7. The lowest BCUT2D eigenvalue weighted by Crippen LogP contribution is -2.31. The van der Waals surface area contributed by atoms with Crippen molar-refractivity contribution in [3.63, 3.8) is 0 Å². The number of ether oxygens (including phenoxy) is 1. The van der Waals surface area contributed by atoms with E-state index < -0.39 is 11.9 Å². The van der Waals surface area contributed by atoms with Crippen molar-refractivity contribution in [2.45, 2.75) is 25.4 Å². The molecule has 156 valence electrons. The summed E-state index contributed by atoms with van der Waals surface area (Å²) in [4.78, 5) is 4.26. The maximum absolute atomic E-state index is 12.3. The minimum absolute atomic E-state index is 0.0182. The molecule has 0 amide bonds. The first-order chi connectivity index (χ1) is 14.0. The number of fused-ring (bicyclic) bond motifs is 1. The summed E-state index contributed by atoms with van der Waals surface area (Å²) in [5.41, 5.74) is 5.57. The van der Waals surface area contributed by atoms with Gasteiger partial charge in [0.1, 0.15) is 11.6 Å². The Bertz CT molecular complexity index is 1150. The molecule has 1 unspecified atom stereocenters. The summed E-state index contributed by atoms with van der Waals surface area (Å²) < 4.78 is 42.1. The molecule has 3 aromatic rings. The first-order valence-electron chi connectivity index (χ1n) is 8.43. The largest absolute Gasteiger partial charge is 0.573 e. The standard InChI is InChI=1S/C19H14Cl2F3N5O/c1-18(9-25,10-29-8-14-15(21)6-12(20)7-16(14)28-29)27-17(26)11-2-4-13(5-3-11)30-19(22,23)24/h2-8H,10H2,1H3,(H2,26,27). The molecule has 1 heterocycles. The van der Waals surface area contributed by atoms with Gasteiger partial charge in [0.15, 0.2) is 5.54 Å². The first-order valence-corrected chi connectivity index (χ1v) is 9.18. The second-order valence-electron chi connectivity index (χ2n) is 6.60. The second-order valence-corrected chi connectivity index (χ2v) is 7.45. The molecule has 1 atom stereocenters. The second kappa shape index (κ2) is 8.05. The van der Waals surface area contributed by atoms with Crippen LogP contribution in [0.2, 0.25) is 10.0 Å². The van der Waals surface area contributed by atoms with Gasteiger partial charge in [0, 0.05) is 22.2 Å². The van der Waals surface area contributed by atoms with Crippen molar-refractivity contribution in [2.75, 3.05) is 0 Å². The van der Waals surface area contributed by atoms with Crippen molar-refractivity contribution in [1.82, 2.24) is 9.78 Å². The number of hydrogen-bond donors (Lipinski definition) is 1. The predicted molar refractivity (Wildman–Crippen MR) is 108 cm³/mol. The van der Waals surface area contributed by atoms with Crippen molar-refractivity contribution < 1.29 is 17.9 Å². The van der Waals surface area contributed by atoms with Crippen molar-refractivity contribution in [3.8, 4) is 11.8 Å². The summed E-state index contributed by atoms with van der Waals surface area (Å²) >= 11 is 12.1. The number of aliphatic imine (C=N–C) groups is 1. The van der Waals surface area contributed by atoms with E-state index in [2.05, 4.69) is 20.9 Å². The number of nitriles is 1. The van der Waals surface area contributed by atoms with Gasteiger partial charge in [0.05, 0.1) is 23.2 Å².